The highest BCUT2D eigenvalue weighted by Gasteiger charge is 2.13. The molecule has 7 heteroatoms. The van der Waals surface area contributed by atoms with Crippen molar-refractivity contribution in [3.63, 3.8) is 0 Å². The monoisotopic (exact) mass is 472 g/mol. The normalized spacial score (nSPS) is 10.6. The third-order valence-electron chi connectivity index (χ3n) is 5.41. The molecule has 0 saturated heterocycles. The van der Waals surface area contributed by atoms with Crippen molar-refractivity contribution in [2.75, 3.05) is 7.11 Å². The van der Waals surface area contributed by atoms with E-state index in [1.54, 1.807) is 31.6 Å². The second-order valence-corrected chi connectivity index (χ2v) is 8.14. The van der Waals surface area contributed by atoms with E-state index < -0.39 is 0 Å². The summed E-state index contributed by atoms with van der Waals surface area (Å²) < 4.78 is 22.8. The van der Waals surface area contributed by atoms with Gasteiger partial charge in [0.2, 0.25) is 0 Å². The topological polar surface area (TPSA) is 82.8 Å². The SMILES string of the molecule is COc1cc(CNC(=O)c2ccc(COc3ccc(C)cc3C)o2)ccc1OCc1ccncc1. The highest BCUT2D eigenvalue weighted by molar-refractivity contribution is 5.91. The predicted molar refractivity (Wildman–Crippen MR) is 132 cm³/mol. The van der Waals surface area contributed by atoms with Crippen molar-refractivity contribution >= 4 is 5.91 Å². The minimum atomic E-state index is -0.306. The molecule has 1 N–H and O–H groups in total. The van der Waals surface area contributed by atoms with Gasteiger partial charge in [0.25, 0.3) is 5.91 Å². The van der Waals surface area contributed by atoms with E-state index in [2.05, 4.69) is 16.4 Å². The Bertz CT molecular complexity index is 1280. The number of amides is 1. The first-order valence-electron chi connectivity index (χ1n) is 11.3. The van der Waals surface area contributed by atoms with Crippen LogP contribution in [0.25, 0.3) is 0 Å². The largest absolute Gasteiger partial charge is 0.493 e. The molecule has 2 aromatic carbocycles. The summed E-state index contributed by atoms with van der Waals surface area (Å²) in [6.07, 6.45) is 3.45. The molecule has 180 valence electrons. The van der Waals surface area contributed by atoms with Gasteiger partial charge in [0.15, 0.2) is 17.3 Å². The van der Waals surface area contributed by atoms with Crippen molar-refractivity contribution in [1.29, 1.82) is 0 Å². The molecular weight excluding hydrogens is 444 g/mol. The number of carbonyl (C=O) groups excluding carboxylic acids is 1. The number of carbonyl (C=O) groups is 1. The van der Waals surface area contributed by atoms with Crippen LogP contribution in [0.3, 0.4) is 0 Å². The van der Waals surface area contributed by atoms with Gasteiger partial charge in [-0.15, -0.1) is 0 Å². The summed E-state index contributed by atoms with van der Waals surface area (Å²) >= 11 is 0. The van der Waals surface area contributed by atoms with Gasteiger partial charge < -0.3 is 23.9 Å². The summed E-state index contributed by atoms with van der Waals surface area (Å²) in [5.41, 5.74) is 4.11. The number of methoxy groups -OCH3 is 1. The van der Waals surface area contributed by atoms with Crippen molar-refractivity contribution < 1.29 is 23.4 Å². The second-order valence-electron chi connectivity index (χ2n) is 8.14. The van der Waals surface area contributed by atoms with Crippen LogP contribution in [0.1, 0.15) is 38.6 Å². The van der Waals surface area contributed by atoms with Gasteiger partial charge in [-0.1, -0.05) is 23.8 Å². The first kappa shape index (κ1) is 23.9. The van der Waals surface area contributed by atoms with Gasteiger partial charge in [-0.2, -0.15) is 0 Å². The maximum Gasteiger partial charge on any atom is 0.287 e. The Kier molecular flexibility index (Phi) is 7.67. The molecule has 0 atom stereocenters. The van der Waals surface area contributed by atoms with E-state index in [-0.39, 0.29) is 18.3 Å². The summed E-state index contributed by atoms with van der Waals surface area (Å²) in [6, 6.07) is 18.7. The van der Waals surface area contributed by atoms with E-state index in [0.29, 0.717) is 30.4 Å². The van der Waals surface area contributed by atoms with Gasteiger partial charge in [-0.25, -0.2) is 0 Å². The quantitative estimate of drug-likeness (QED) is 0.333. The summed E-state index contributed by atoms with van der Waals surface area (Å²) in [5.74, 6) is 2.51. The number of nitrogens with one attached hydrogen (secondary N) is 1. The summed E-state index contributed by atoms with van der Waals surface area (Å²) in [7, 11) is 1.58. The molecule has 0 aliphatic rings. The summed E-state index contributed by atoms with van der Waals surface area (Å²) in [4.78, 5) is 16.6. The molecule has 1 amide bonds. The average molecular weight is 473 g/mol. The molecule has 4 rings (SSSR count). The predicted octanol–water partition coefficient (Wildman–Crippen LogP) is 5.39. The van der Waals surface area contributed by atoms with Crippen LogP contribution in [-0.4, -0.2) is 18.0 Å². The van der Waals surface area contributed by atoms with Gasteiger partial charge in [0.1, 0.15) is 24.7 Å². The number of aryl methyl sites for hydroxylation is 2. The molecule has 0 fully saturated rings. The Hall–Kier alpha value is -4.26. The van der Waals surface area contributed by atoms with Crippen molar-refractivity contribution in [1.82, 2.24) is 10.3 Å². The van der Waals surface area contributed by atoms with Crippen LogP contribution in [0.2, 0.25) is 0 Å². The number of ether oxygens (including phenoxy) is 3. The second kappa shape index (κ2) is 11.2. The molecule has 0 bridgehead atoms. The van der Waals surface area contributed by atoms with Crippen LogP contribution in [0.5, 0.6) is 17.2 Å². The lowest BCUT2D eigenvalue weighted by molar-refractivity contribution is 0.0919. The number of hydrogen-bond donors (Lipinski definition) is 1. The molecule has 0 unspecified atom stereocenters. The van der Waals surface area contributed by atoms with Crippen LogP contribution in [0.15, 0.2) is 77.5 Å². The molecule has 0 radical (unpaired) electrons. The maximum absolute atomic E-state index is 12.6. The Morgan fingerprint density at radius 2 is 1.63 bits per heavy atom. The molecule has 0 spiro atoms. The number of aromatic nitrogens is 1. The van der Waals surface area contributed by atoms with Gasteiger partial charge in [-0.3, -0.25) is 9.78 Å². The molecule has 35 heavy (non-hydrogen) atoms. The Morgan fingerprint density at radius 3 is 2.40 bits per heavy atom. The third-order valence-corrected chi connectivity index (χ3v) is 5.41. The highest BCUT2D eigenvalue weighted by Crippen LogP contribution is 2.29. The Morgan fingerprint density at radius 1 is 0.857 bits per heavy atom. The molecule has 2 aromatic heterocycles. The van der Waals surface area contributed by atoms with Crippen molar-refractivity contribution in [3.05, 3.63) is 107 Å². The maximum atomic E-state index is 12.6. The lowest BCUT2D eigenvalue weighted by atomic mass is 10.1. The zero-order valence-electron chi connectivity index (χ0n) is 20.0. The minimum Gasteiger partial charge on any atom is -0.493 e. The number of benzene rings is 2. The smallest absolute Gasteiger partial charge is 0.287 e. The molecule has 0 aliphatic carbocycles. The number of hydrogen-bond acceptors (Lipinski definition) is 6. The van der Waals surface area contributed by atoms with Crippen LogP contribution in [0.4, 0.5) is 0 Å². The molecule has 0 saturated carbocycles. The number of furan rings is 1. The fourth-order valence-corrected chi connectivity index (χ4v) is 3.54. The van der Waals surface area contributed by atoms with Crippen molar-refractivity contribution in [2.24, 2.45) is 0 Å². The molecule has 4 aromatic rings. The Labute approximate surface area is 204 Å². The number of pyridine rings is 1. The number of nitrogens with zero attached hydrogens (tertiary/aromatic N) is 1. The lowest BCUT2D eigenvalue weighted by Gasteiger charge is -2.12. The van der Waals surface area contributed by atoms with Gasteiger partial charge in [0.05, 0.1) is 7.11 Å². The van der Waals surface area contributed by atoms with E-state index >= 15 is 0 Å². The van der Waals surface area contributed by atoms with E-state index in [1.165, 1.54) is 5.56 Å². The standard InChI is InChI=1S/C28H28N2O5/c1-19-4-7-24(20(2)14-19)34-18-23-6-9-26(35-23)28(31)30-16-22-5-8-25(27(15-22)32-3)33-17-21-10-12-29-13-11-21/h4-15H,16-18H2,1-3H3,(H,30,31). The highest BCUT2D eigenvalue weighted by atomic mass is 16.5. The third kappa shape index (κ3) is 6.41. The minimum absolute atomic E-state index is 0.230. The summed E-state index contributed by atoms with van der Waals surface area (Å²) in [6.45, 7) is 5.00. The van der Waals surface area contributed by atoms with E-state index in [9.17, 15) is 4.79 Å². The Balaban J connectivity index is 1.30. The molecule has 7 nitrogen and oxygen atoms in total. The van der Waals surface area contributed by atoms with E-state index in [4.69, 9.17) is 18.6 Å². The van der Waals surface area contributed by atoms with Crippen LogP contribution in [-0.2, 0) is 19.8 Å². The number of rotatable bonds is 10. The van der Waals surface area contributed by atoms with Crippen LogP contribution in [0, 0.1) is 13.8 Å². The fourth-order valence-electron chi connectivity index (χ4n) is 3.54. The van der Waals surface area contributed by atoms with E-state index in [0.717, 1.165) is 22.4 Å². The molecule has 2 heterocycles. The van der Waals surface area contributed by atoms with Crippen LogP contribution >= 0.6 is 0 Å². The zero-order chi connectivity index (χ0) is 24.6. The summed E-state index contributed by atoms with van der Waals surface area (Å²) in [5, 5.41) is 2.87. The van der Waals surface area contributed by atoms with Crippen molar-refractivity contribution in [2.45, 2.75) is 33.6 Å². The fraction of sp³-hybridized carbons (Fsp3) is 0.214. The molecule has 0 aliphatic heterocycles. The van der Waals surface area contributed by atoms with E-state index in [1.807, 2.05) is 56.3 Å². The lowest BCUT2D eigenvalue weighted by Crippen LogP contribution is -2.22. The first-order valence-corrected chi connectivity index (χ1v) is 11.3. The van der Waals surface area contributed by atoms with Gasteiger partial charge >= 0.3 is 0 Å². The molecular formula is C28H28N2O5. The van der Waals surface area contributed by atoms with Gasteiger partial charge in [-0.05, 0) is 73.0 Å². The van der Waals surface area contributed by atoms with Crippen molar-refractivity contribution in [3.8, 4) is 17.2 Å². The average Bonchev–Trinajstić information content (AvgIpc) is 3.35. The zero-order valence-corrected chi connectivity index (χ0v) is 20.0. The van der Waals surface area contributed by atoms with Crippen LogP contribution < -0.4 is 19.5 Å². The first-order chi connectivity index (χ1) is 17.0. The van der Waals surface area contributed by atoms with Gasteiger partial charge in [0, 0.05) is 18.9 Å².